The molecule has 0 aliphatic heterocycles. The normalized spacial score (nSPS) is 14.7. The van der Waals surface area contributed by atoms with E-state index in [4.69, 9.17) is 11.6 Å². The number of hydrogen-bond donors (Lipinski definition) is 0. The lowest BCUT2D eigenvalue weighted by Crippen LogP contribution is -1.99. The van der Waals surface area contributed by atoms with Gasteiger partial charge >= 0.3 is 0 Å². The summed E-state index contributed by atoms with van der Waals surface area (Å²) >= 11 is 5.91. The van der Waals surface area contributed by atoms with Gasteiger partial charge in [-0.3, -0.25) is 0 Å². The Balaban J connectivity index is 2.04. The van der Waals surface area contributed by atoms with E-state index in [0.717, 1.165) is 24.1 Å². The van der Waals surface area contributed by atoms with Gasteiger partial charge in [0.2, 0.25) is 0 Å². The predicted molar refractivity (Wildman–Crippen MR) is 73.7 cm³/mol. The fourth-order valence-electron chi connectivity index (χ4n) is 2.10. The van der Waals surface area contributed by atoms with Gasteiger partial charge in [0.25, 0.3) is 0 Å². The zero-order chi connectivity index (χ0) is 13.4. The van der Waals surface area contributed by atoms with E-state index in [1.165, 1.54) is 6.07 Å². The topological polar surface area (TPSA) is 25.8 Å². The molecule has 0 bridgehead atoms. The third-order valence-electron chi connectivity index (χ3n) is 3.44. The van der Waals surface area contributed by atoms with E-state index in [1.54, 1.807) is 19.2 Å². The second-order valence-corrected chi connectivity index (χ2v) is 5.24. The summed E-state index contributed by atoms with van der Waals surface area (Å²) in [4.78, 5) is 8.88. The number of aromatic nitrogens is 2. The van der Waals surface area contributed by atoms with Crippen molar-refractivity contribution in [2.75, 3.05) is 0 Å². The maximum atomic E-state index is 13.6. The number of hydrogen-bond acceptors (Lipinski definition) is 2. The summed E-state index contributed by atoms with van der Waals surface area (Å²) in [6.07, 6.45) is 4.08. The highest BCUT2D eigenvalue weighted by Crippen LogP contribution is 2.41. The lowest BCUT2D eigenvalue weighted by atomic mass is 10.1. The molecule has 98 valence electrons. The van der Waals surface area contributed by atoms with Crippen molar-refractivity contribution >= 4 is 11.6 Å². The molecule has 4 heteroatoms. The highest BCUT2D eigenvalue weighted by Gasteiger charge is 2.28. The zero-order valence-electron chi connectivity index (χ0n) is 10.7. The molecular formula is C15H14ClFN2. The number of alkyl halides is 1. The van der Waals surface area contributed by atoms with Crippen LogP contribution >= 0.6 is 11.6 Å². The largest absolute Gasteiger partial charge is 0.236 e. The van der Waals surface area contributed by atoms with Crippen LogP contribution in [0.3, 0.4) is 0 Å². The highest BCUT2D eigenvalue weighted by atomic mass is 35.5. The molecular weight excluding hydrogens is 263 g/mol. The minimum atomic E-state index is -0.226. The Hall–Kier alpha value is -1.48. The molecule has 1 aliphatic carbocycles. The summed E-state index contributed by atoms with van der Waals surface area (Å²) in [5.41, 5.74) is 3.36. The van der Waals surface area contributed by atoms with Crippen LogP contribution in [0.25, 0.3) is 11.4 Å². The van der Waals surface area contributed by atoms with Crippen molar-refractivity contribution in [1.29, 1.82) is 0 Å². The number of aryl methyl sites for hydroxylation is 1. The van der Waals surface area contributed by atoms with Crippen molar-refractivity contribution < 1.29 is 4.39 Å². The summed E-state index contributed by atoms with van der Waals surface area (Å²) in [7, 11) is 0. The predicted octanol–water partition coefficient (Wildman–Crippen LogP) is 4.21. The molecule has 0 amide bonds. The molecule has 0 unspecified atom stereocenters. The van der Waals surface area contributed by atoms with Crippen molar-refractivity contribution in [3.63, 3.8) is 0 Å². The van der Waals surface area contributed by atoms with Gasteiger partial charge < -0.3 is 0 Å². The standard InChI is InChI=1S/C15H14ClFN2/c1-9-2-3-11(6-13(9)17)15-18-8-12(7-16)14(19-15)10-4-5-10/h2-3,6,8,10H,4-5,7H2,1H3. The minimum Gasteiger partial charge on any atom is -0.236 e. The summed E-state index contributed by atoms with van der Waals surface area (Å²) in [6, 6.07) is 5.09. The fourth-order valence-corrected chi connectivity index (χ4v) is 2.31. The minimum absolute atomic E-state index is 0.226. The number of nitrogens with zero attached hydrogens (tertiary/aromatic N) is 2. The Morgan fingerprint density at radius 3 is 2.79 bits per heavy atom. The first kappa shape index (κ1) is 12.5. The van der Waals surface area contributed by atoms with Gasteiger partial charge in [-0.1, -0.05) is 12.1 Å². The first-order valence-electron chi connectivity index (χ1n) is 6.37. The van der Waals surface area contributed by atoms with Crippen molar-refractivity contribution in [2.45, 2.75) is 31.6 Å². The van der Waals surface area contributed by atoms with Crippen LogP contribution in [0.1, 0.15) is 35.6 Å². The van der Waals surface area contributed by atoms with Crippen LogP contribution in [-0.2, 0) is 5.88 Å². The molecule has 1 aromatic carbocycles. The Labute approximate surface area is 116 Å². The Morgan fingerprint density at radius 2 is 2.16 bits per heavy atom. The maximum absolute atomic E-state index is 13.6. The van der Waals surface area contributed by atoms with Gasteiger partial charge in [-0.05, 0) is 31.4 Å². The van der Waals surface area contributed by atoms with Gasteiger partial charge in [-0.25, -0.2) is 14.4 Å². The monoisotopic (exact) mass is 276 g/mol. The summed E-state index contributed by atoms with van der Waals surface area (Å²) in [5.74, 6) is 1.28. The van der Waals surface area contributed by atoms with E-state index in [9.17, 15) is 4.39 Å². The molecule has 2 aromatic rings. The first-order chi connectivity index (χ1) is 9.19. The van der Waals surface area contributed by atoms with Gasteiger partial charge in [-0.15, -0.1) is 11.6 Å². The second kappa shape index (κ2) is 4.89. The molecule has 1 aromatic heterocycles. The van der Waals surface area contributed by atoms with Crippen LogP contribution in [0, 0.1) is 12.7 Å². The Kier molecular flexibility index (Phi) is 3.23. The van der Waals surface area contributed by atoms with E-state index >= 15 is 0 Å². The van der Waals surface area contributed by atoms with E-state index in [1.807, 2.05) is 6.07 Å². The van der Waals surface area contributed by atoms with Crippen molar-refractivity contribution in [1.82, 2.24) is 9.97 Å². The van der Waals surface area contributed by atoms with Crippen LogP contribution in [0.15, 0.2) is 24.4 Å². The van der Waals surface area contributed by atoms with E-state index in [2.05, 4.69) is 9.97 Å². The summed E-state index contributed by atoms with van der Waals surface area (Å²) in [5, 5.41) is 0. The quantitative estimate of drug-likeness (QED) is 0.785. The molecule has 0 spiro atoms. The lowest BCUT2D eigenvalue weighted by Gasteiger charge is -2.08. The number of halogens is 2. The van der Waals surface area contributed by atoms with Gasteiger partial charge in [-0.2, -0.15) is 0 Å². The number of benzene rings is 1. The SMILES string of the molecule is Cc1ccc(-c2ncc(CCl)c(C3CC3)n2)cc1F. The Bertz CT molecular complexity index is 624. The zero-order valence-corrected chi connectivity index (χ0v) is 11.4. The van der Waals surface area contributed by atoms with Gasteiger partial charge in [0.15, 0.2) is 5.82 Å². The van der Waals surface area contributed by atoms with Crippen LogP contribution in [0.4, 0.5) is 4.39 Å². The number of rotatable bonds is 3. The smallest absolute Gasteiger partial charge is 0.159 e. The molecule has 0 saturated heterocycles. The molecule has 1 fully saturated rings. The third-order valence-corrected chi connectivity index (χ3v) is 3.72. The molecule has 1 heterocycles. The molecule has 0 radical (unpaired) electrons. The van der Waals surface area contributed by atoms with Crippen LogP contribution in [0.5, 0.6) is 0 Å². The summed E-state index contributed by atoms with van der Waals surface area (Å²) < 4.78 is 13.6. The molecule has 2 nitrogen and oxygen atoms in total. The third kappa shape index (κ3) is 2.47. The molecule has 0 N–H and O–H groups in total. The van der Waals surface area contributed by atoms with Gasteiger partial charge in [0.05, 0.1) is 11.6 Å². The highest BCUT2D eigenvalue weighted by molar-refractivity contribution is 6.17. The fraction of sp³-hybridized carbons (Fsp3) is 0.333. The van der Waals surface area contributed by atoms with Crippen LogP contribution in [0.2, 0.25) is 0 Å². The van der Waals surface area contributed by atoms with Crippen LogP contribution < -0.4 is 0 Å². The maximum Gasteiger partial charge on any atom is 0.159 e. The summed E-state index contributed by atoms with van der Waals surface area (Å²) in [6.45, 7) is 1.74. The molecule has 19 heavy (non-hydrogen) atoms. The lowest BCUT2D eigenvalue weighted by molar-refractivity contribution is 0.619. The molecule has 1 aliphatic rings. The van der Waals surface area contributed by atoms with E-state index in [0.29, 0.717) is 28.7 Å². The van der Waals surface area contributed by atoms with Crippen molar-refractivity contribution in [3.8, 4) is 11.4 Å². The van der Waals surface area contributed by atoms with Gasteiger partial charge in [0, 0.05) is 23.2 Å². The average molecular weight is 277 g/mol. The van der Waals surface area contributed by atoms with E-state index < -0.39 is 0 Å². The van der Waals surface area contributed by atoms with Gasteiger partial charge in [0.1, 0.15) is 5.82 Å². The average Bonchev–Trinajstić information content (AvgIpc) is 3.25. The second-order valence-electron chi connectivity index (χ2n) is 4.98. The van der Waals surface area contributed by atoms with Crippen LogP contribution in [-0.4, -0.2) is 9.97 Å². The molecule has 0 atom stereocenters. The first-order valence-corrected chi connectivity index (χ1v) is 6.91. The molecule has 1 saturated carbocycles. The Morgan fingerprint density at radius 1 is 1.37 bits per heavy atom. The van der Waals surface area contributed by atoms with E-state index in [-0.39, 0.29) is 5.82 Å². The molecule has 3 rings (SSSR count). The van der Waals surface area contributed by atoms with Crippen molar-refractivity contribution in [2.24, 2.45) is 0 Å². The van der Waals surface area contributed by atoms with Crippen molar-refractivity contribution in [3.05, 3.63) is 47.0 Å².